The summed E-state index contributed by atoms with van der Waals surface area (Å²) in [7, 11) is 0. The molecule has 2 aromatic carbocycles. The smallest absolute Gasteiger partial charge is 0.263 e. The molecule has 0 aromatic heterocycles. The number of nitro benzene ring substituents is 1. The largest absolute Gasteiger partial charge is 0.867 e. The Kier molecular flexibility index (Phi) is 6.39. The highest BCUT2D eigenvalue weighted by atomic mass is 35.5. The fraction of sp³-hybridized carbons (Fsp3) is 0.316. The van der Waals surface area contributed by atoms with Gasteiger partial charge in [-0.15, -0.1) is 0 Å². The topological polar surface area (TPSA) is 92.2 Å². The highest BCUT2D eigenvalue weighted by Gasteiger charge is 2.14. The Balaban J connectivity index is 1.62. The van der Waals surface area contributed by atoms with Crippen LogP contribution in [0.2, 0.25) is 5.02 Å². The van der Waals surface area contributed by atoms with Crippen LogP contribution in [0.15, 0.2) is 41.4 Å². The molecule has 2 aromatic rings. The molecule has 1 aliphatic rings. The highest BCUT2D eigenvalue weighted by molar-refractivity contribution is 6.31. The molecule has 1 aliphatic heterocycles. The van der Waals surface area contributed by atoms with Gasteiger partial charge in [-0.25, -0.2) is 0 Å². The van der Waals surface area contributed by atoms with Gasteiger partial charge in [0.25, 0.3) is 5.69 Å². The summed E-state index contributed by atoms with van der Waals surface area (Å²) in [6, 6.07) is 10.6. The second-order valence-corrected chi connectivity index (χ2v) is 6.86. The van der Waals surface area contributed by atoms with Gasteiger partial charge in [0.15, 0.2) is 0 Å². The monoisotopic (exact) mass is 389 g/mol. The minimum Gasteiger partial charge on any atom is -0.867 e. The van der Waals surface area contributed by atoms with Gasteiger partial charge in [-0.3, -0.25) is 15.1 Å². The first-order valence-corrected chi connectivity index (χ1v) is 9.04. The van der Waals surface area contributed by atoms with Crippen LogP contribution in [0, 0.1) is 10.1 Å². The molecule has 0 saturated carbocycles. The zero-order valence-electron chi connectivity index (χ0n) is 14.7. The molecule has 1 saturated heterocycles. The van der Waals surface area contributed by atoms with Gasteiger partial charge in [-0.2, -0.15) is 0 Å². The molecule has 142 valence electrons. The van der Waals surface area contributed by atoms with Crippen LogP contribution in [0.4, 0.5) is 5.69 Å². The normalized spacial score (nSPS) is 15.3. The Morgan fingerprint density at radius 1 is 1.19 bits per heavy atom. The van der Waals surface area contributed by atoms with Crippen molar-refractivity contribution in [1.82, 2.24) is 0 Å². The number of benzene rings is 2. The Morgan fingerprint density at radius 2 is 1.85 bits per heavy atom. The molecule has 0 spiro atoms. The fourth-order valence-electron chi connectivity index (χ4n) is 2.97. The fourth-order valence-corrected chi connectivity index (χ4v) is 3.19. The molecule has 27 heavy (non-hydrogen) atoms. The lowest BCUT2D eigenvalue weighted by atomic mass is 10.1. The molecule has 1 heterocycles. The predicted octanol–water partition coefficient (Wildman–Crippen LogP) is 1.36. The quantitative estimate of drug-likeness (QED) is 0.458. The third-order valence-corrected chi connectivity index (χ3v) is 4.66. The Bertz CT molecular complexity index is 834. The SMILES string of the molecule is O=[N+]([O-])c1cc(Cl)cc(C=NCc2ccc(C[NH+]3CCOCC3)cc2)c1[O-]. The summed E-state index contributed by atoms with van der Waals surface area (Å²) in [6.45, 7) is 5.02. The van der Waals surface area contributed by atoms with E-state index >= 15 is 0 Å². The number of rotatable bonds is 6. The van der Waals surface area contributed by atoms with E-state index < -0.39 is 16.4 Å². The van der Waals surface area contributed by atoms with Crippen molar-refractivity contribution in [3.63, 3.8) is 0 Å². The zero-order chi connectivity index (χ0) is 19.2. The molecule has 1 fully saturated rings. The first kappa shape index (κ1) is 19.3. The minimum atomic E-state index is -0.735. The number of hydrogen-bond donors (Lipinski definition) is 1. The first-order chi connectivity index (χ1) is 13.0. The third-order valence-electron chi connectivity index (χ3n) is 4.44. The number of morpholine rings is 1. The van der Waals surface area contributed by atoms with Crippen LogP contribution in [-0.4, -0.2) is 37.4 Å². The van der Waals surface area contributed by atoms with Gasteiger partial charge >= 0.3 is 0 Å². The Morgan fingerprint density at radius 3 is 2.52 bits per heavy atom. The third kappa shape index (κ3) is 5.26. The molecule has 0 radical (unpaired) electrons. The second-order valence-electron chi connectivity index (χ2n) is 6.43. The van der Waals surface area contributed by atoms with E-state index in [-0.39, 0.29) is 10.6 Å². The molecular formula is C19H20ClN3O4. The number of aliphatic imine (C=N–C) groups is 1. The molecule has 0 amide bonds. The molecular weight excluding hydrogens is 370 g/mol. The summed E-state index contributed by atoms with van der Waals surface area (Å²) in [5.74, 6) is -0.683. The van der Waals surface area contributed by atoms with Gasteiger partial charge in [0.1, 0.15) is 19.6 Å². The molecule has 0 unspecified atom stereocenters. The van der Waals surface area contributed by atoms with Crippen LogP contribution < -0.4 is 10.0 Å². The predicted molar refractivity (Wildman–Crippen MR) is 101 cm³/mol. The lowest BCUT2D eigenvalue weighted by Crippen LogP contribution is -3.12. The van der Waals surface area contributed by atoms with E-state index in [2.05, 4.69) is 17.1 Å². The summed E-state index contributed by atoms with van der Waals surface area (Å²) in [6.07, 6.45) is 1.34. The summed E-state index contributed by atoms with van der Waals surface area (Å²) in [5.41, 5.74) is 1.82. The molecule has 7 nitrogen and oxygen atoms in total. The van der Waals surface area contributed by atoms with E-state index in [1.807, 2.05) is 12.1 Å². The minimum absolute atomic E-state index is 0.113. The van der Waals surface area contributed by atoms with Crippen LogP contribution >= 0.6 is 11.6 Å². The van der Waals surface area contributed by atoms with E-state index in [0.717, 1.165) is 44.5 Å². The number of ether oxygens (including phenoxy) is 1. The van der Waals surface area contributed by atoms with Crippen LogP contribution in [0.3, 0.4) is 0 Å². The molecule has 0 aliphatic carbocycles. The molecule has 8 heteroatoms. The summed E-state index contributed by atoms with van der Waals surface area (Å²) in [5, 5.41) is 23.1. The van der Waals surface area contributed by atoms with Crippen molar-refractivity contribution < 1.29 is 19.7 Å². The van der Waals surface area contributed by atoms with Gasteiger partial charge in [0.2, 0.25) is 0 Å². The molecule has 0 bridgehead atoms. The van der Waals surface area contributed by atoms with E-state index in [1.165, 1.54) is 22.7 Å². The van der Waals surface area contributed by atoms with Crippen LogP contribution in [0.25, 0.3) is 0 Å². The van der Waals surface area contributed by atoms with Crippen molar-refractivity contribution in [2.45, 2.75) is 13.1 Å². The van der Waals surface area contributed by atoms with Crippen LogP contribution in [0.1, 0.15) is 16.7 Å². The van der Waals surface area contributed by atoms with Crippen molar-refractivity contribution in [3.05, 3.63) is 68.2 Å². The number of quaternary nitrogens is 1. The van der Waals surface area contributed by atoms with Gasteiger partial charge < -0.3 is 14.7 Å². The summed E-state index contributed by atoms with van der Waals surface area (Å²) in [4.78, 5) is 15.9. The zero-order valence-corrected chi connectivity index (χ0v) is 15.4. The van der Waals surface area contributed by atoms with Gasteiger partial charge in [-0.05, 0) is 22.9 Å². The number of nitrogens with one attached hydrogen (secondary N) is 1. The van der Waals surface area contributed by atoms with E-state index in [1.54, 1.807) is 0 Å². The maximum absolute atomic E-state index is 12.0. The number of nitro groups is 1. The highest BCUT2D eigenvalue weighted by Crippen LogP contribution is 2.30. The maximum atomic E-state index is 12.0. The number of hydrogen-bond acceptors (Lipinski definition) is 5. The Hall–Kier alpha value is -2.48. The van der Waals surface area contributed by atoms with Crippen molar-refractivity contribution in [3.8, 4) is 5.75 Å². The van der Waals surface area contributed by atoms with Gasteiger partial charge in [-0.1, -0.05) is 35.9 Å². The van der Waals surface area contributed by atoms with Crippen molar-refractivity contribution in [2.24, 2.45) is 4.99 Å². The van der Waals surface area contributed by atoms with Crippen molar-refractivity contribution in [2.75, 3.05) is 26.3 Å². The first-order valence-electron chi connectivity index (χ1n) is 8.67. The van der Waals surface area contributed by atoms with Crippen molar-refractivity contribution in [1.29, 1.82) is 0 Å². The lowest BCUT2D eigenvalue weighted by molar-refractivity contribution is -0.921. The van der Waals surface area contributed by atoms with Crippen LogP contribution in [-0.2, 0) is 17.8 Å². The van der Waals surface area contributed by atoms with Gasteiger partial charge in [0, 0.05) is 22.9 Å². The van der Waals surface area contributed by atoms with E-state index in [0.29, 0.717) is 6.54 Å². The van der Waals surface area contributed by atoms with Crippen LogP contribution in [0.5, 0.6) is 5.75 Å². The average Bonchev–Trinajstić information content (AvgIpc) is 2.66. The Labute approximate surface area is 162 Å². The summed E-state index contributed by atoms with van der Waals surface area (Å²) < 4.78 is 5.37. The standard InChI is InChI=1S/C19H20ClN3O4/c20-17-9-16(19(24)18(10-17)23(25)26)12-21-11-14-1-3-15(4-2-14)13-22-5-7-27-8-6-22/h1-4,9-10,12,24H,5-8,11,13H2. The number of nitrogens with zero attached hydrogens (tertiary/aromatic N) is 2. The molecule has 0 atom stereocenters. The number of halogens is 1. The van der Waals surface area contributed by atoms with Crippen molar-refractivity contribution >= 4 is 23.5 Å². The summed E-state index contributed by atoms with van der Waals surface area (Å²) >= 11 is 5.84. The molecule has 3 rings (SSSR count). The van der Waals surface area contributed by atoms with E-state index in [9.17, 15) is 15.2 Å². The lowest BCUT2D eigenvalue weighted by Gasteiger charge is -2.23. The second kappa shape index (κ2) is 8.94. The molecule has 1 N–H and O–H groups in total. The van der Waals surface area contributed by atoms with Gasteiger partial charge in [0.05, 0.1) is 24.7 Å². The average molecular weight is 390 g/mol. The maximum Gasteiger partial charge on any atom is 0.263 e. The van der Waals surface area contributed by atoms with E-state index in [4.69, 9.17) is 16.3 Å².